The van der Waals surface area contributed by atoms with E-state index in [0.717, 1.165) is 5.56 Å². The number of hydrogen-bond donors (Lipinski definition) is 3. The van der Waals surface area contributed by atoms with Crippen molar-refractivity contribution >= 4 is 29.6 Å². The van der Waals surface area contributed by atoms with Crippen LogP contribution in [-0.2, 0) is 9.59 Å². The quantitative estimate of drug-likeness (QED) is 0.415. The van der Waals surface area contributed by atoms with Crippen molar-refractivity contribution in [2.75, 3.05) is 13.7 Å². The minimum atomic E-state index is -0.882. The van der Waals surface area contributed by atoms with Gasteiger partial charge in [0.15, 0.2) is 11.5 Å². The minimum Gasteiger partial charge on any atom is -0.504 e. The van der Waals surface area contributed by atoms with Gasteiger partial charge in [-0.3, -0.25) is 9.59 Å². The summed E-state index contributed by atoms with van der Waals surface area (Å²) in [6.45, 7) is 0.386. The molecule has 0 bridgehead atoms. The fourth-order valence-electron chi connectivity index (χ4n) is 3.02. The van der Waals surface area contributed by atoms with Crippen molar-refractivity contribution in [3.63, 3.8) is 0 Å². The average molecular weight is 388 g/mol. The number of halogens is 1. The minimum absolute atomic E-state index is 0.152. The smallest absolute Gasteiger partial charge is 0.253 e. The summed E-state index contributed by atoms with van der Waals surface area (Å²) < 4.78 is 5.02. The summed E-state index contributed by atoms with van der Waals surface area (Å²) in [5, 5.41) is 17.0. The van der Waals surface area contributed by atoms with Gasteiger partial charge >= 0.3 is 0 Å². The number of amides is 2. The monoisotopic (exact) mass is 387 g/mol. The van der Waals surface area contributed by atoms with Crippen LogP contribution in [0, 0.1) is 5.92 Å². The normalized spacial score (nSPS) is 19.1. The van der Waals surface area contributed by atoms with Gasteiger partial charge < -0.3 is 15.2 Å². The topological polar surface area (TPSA) is 100 Å². The first kappa shape index (κ1) is 18.7. The molecule has 2 amide bonds. The van der Waals surface area contributed by atoms with Gasteiger partial charge in [-0.15, -0.1) is 0 Å². The maximum absolute atomic E-state index is 12.5. The largest absolute Gasteiger partial charge is 0.504 e. The molecule has 3 N–H and O–H groups in total. The highest BCUT2D eigenvalue weighted by atomic mass is 35.5. The van der Waals surface area contributed by atoms with E-state index in [9.17, 15) is 14.7 Å². The Morgan fingerprint density at radius 3 is 2.81 bits per heavy atom. The molecule has 2 aromatic carbocycles. The molecule has 1 aliphatic rings. The van der Waals surface area contributed by atoms with Crippen molar-refractivity contribution in [1.82, 2.24) is 10.7 Å². The maximum Gasteiger partial charge on any atom is 0.253 e. The molecule has 2 aromatic rings. The van der Waals surface area contributed by atoms with E-state index >= 15 is 0 Å². The number of rotatable bonds is 5. The van der Waals surface area contributed by atoms with Gasteiger partial charge in [-0.1, -0.05) is 41.9 Å². The van der Waals surface area contributed by atoms with Crippen LogP contribution in [-0.4, -0.2) is 36.8 Å². The number of phenolic OH excluding ortho intramolecular Hbond substituents is 1. The second-order valence-electron chi connectivity index (χ2n) is 6.02. The van der Waals surface area contributed by atoms with E-state index in [2.05, 4.69) is 15.8 Å². The van der Waals surface area contributed by atoms with Crippen molar-refractivity contribution in [1.29, 1.82) is 0 Å². The third kappa shape index (κ3) is 4.03. The third-order valence-electron chi connectivity index (χ3n) is 4.36. The molecular formula is C19H18ClN3O4. The van der Waals surface area contributed by atoms with E-state index in [1.807, 2.05) is 30.3 Å². The van der Waals surface area contributed by atoms with Crippen molar-refractivity contribution in [2.24, 2.45) is 11.0 Å². The predicted molar refractivity (Wildman–Crippen MR) is 101 cm³/mol. The number of ether oxygens (including phenoxy) is 1. The Kier molecular flexibility index (Phi) is 5.61. The Morgan fingerprint density at radius 1 is 1.37 bits per heavy atom. The number of hydrogen-bond acceptors (Lipinski definition) is 5. The van der Waals surface area contributed by atoms with Crippen LogP contribution >= 0.6 is 11.6 Å². The van der Waals surface area contributed by atoms with Crippen LogP contribution < -0.4 is 15.5 Å². The van der Waals surface area contributed by atoms with E-state index in [4.69, 9.17) is 16.3 Å². The highest BCUT2D eigenvalue weighted by Crippen LogP contribution is 2.32. The Labute approximate surface area is 161 Å². The molecule has 0 spiro atoms. The lowest BCUT2D eigenvalue weighted by Crippen LogP contribution is -2.34. The fraction of sp³-hybridized carbons (Fsp3) is 0.211. The molecule has 1 fully saturated rings. The van der Waals surface area contributed by atoms with Crippen LogP contribution in [0.4, 0.5) is 0 Å². The molecule has 2 atom stereocenters. The number of methoxy groups -OCH3 is 1. The third-order valence-corrected chi connectivity index (χ3v) is 4.58. The molecule has 0 radical (unpaired) electrons. The summed E-state index contributed by atoms with van der Waals surface area (Å²) in [5.41, 5.74) is 3.54. The van der Waals surface area contributed by atoms with Gasteiger partial charge in [-0.2, -0.15) is 5.10 Å². The SMILES string of the molecule is COc1cc(Cl)cc(/C=N/NC(=O)C2C(=O)NCC2c2ccccc2)c1O. The summed E-state index contributed by atoms with van der Waals surface area (Å²) in [7, 11) is 1.40. The molecule has 1 aliphatic heterocycles. The highest BCUT2D eigenvalue weighted by Gasteiger charge is 2.40. The zero-order valence-electron chi connectivity index (χ0n) is 14.5. The molecule has 1 saturated heterocycles. The maximum atomic E-state index is 12.5. The van der Waals surface area contributed by atoms with Gasteiger partial charge in [0.25, 0.3) is 5.91 Å². The van der Waals surface area contributed by atoms with Crippen LogP contribution in [0.5, 0.6) is 11.5 Å². The number of nitrogens with zero attached hydrogens (tertiary/aromatic N) is 1. The number of carbonyl (C=O) groups is 2. The van der Waals surface area contributed by atoms with Gasteiger partial charge in [-0.05, 0) is 11.6 Å². The summed E-state index contributed by atoms with van der Waals surface area (Å²) >= 11 is 5.96. The molecule has 1 heterocycles. The van der Waals surface area contributed by atoms with E-state index in [1.165, 1.54) is 25.5 Å². The molecule has 0 saturated carbocycles. The van der Waals surface area contributed by atoms with Crippen molar-refractivity contribution in [2.45, 2.75) is 5.92 Å². The number of benzene rings is 2. The number of hydrazone groups is 1. The molecule has 7 nitrogen and oxygen atoms in total. The number of nitrogens with one attached hydrogen (secondary N) is 2. The van der Waals surface area contributed by atoms with Gasteiger partial charge in [-0.25, -0.2) is 5.43 Å². The predicted octanol–water partition coefficient (Wildman–Crippen LogP) is 2.03. The van der Waals surface area contributed by atoms with Crippen LogP contribution in [0.25, 0.3) is 0 Å². The Morgan fingerprint density at radius 2 is 2.11 bits per heavy atom. The first-order valence-corrected chi connectivity index (χ1v) is 8.61. The standard InChI is InChI=1S/C19H18ClN3O4/c1-27-15-8-13(20)7-12(17(15)24)9-22-23-19(26)16-14(10-21-18(16)25)11-5-3-2-4-6-11/h2-9,14,16,24H,10H2,1H3,(H,21,25)(H,23,26)/b22-9+. The van der Waals surface area contributed by atoms with E-state index in [-0.39, 0.29) is 28.9 Å². The lowest BCUT2D eigenvalue weighted by atomic mass is 9.88. The number of carbonyl (C=O) groups excluding carboxylic acids is 2. The van der Waals surface area contributed by atoms with Crippen LogP contribution in [0.3, 0.4) is 0 Å². The van der Waals surface area contributed by atoms with Crippen LogP contribution in [0.2, 0.25) is 5.02 Å². The van der Waals surface area contributed by atoms with Crippen molar-refractivity contribution < 1.29 is 19.4 Å². The average Bonchev–Trinajstić information content (AvgIpc) is 3.06. The zero-order valence-corrected chi connectivity index (χ0v) is 15.2. The van der Waals surface area contributed by atoms with E-state index in [1.54, 1.807) is 0 Å². The summed E-state index contributed by atoms with van der Waals surface area (Å²) in [6.07, 6.45) is 1.24. The molecule has 27 heavy (non-hydrogen) atoms. The number of aromatic hydroxyl groups is 1. The molecule has 8 heteroatoms. The van der Waals surface area contributed by atoms with Gasteiger partial charge in [0.1, 0.15) is 5.92 Å². The summed E-state index contributed by atoms with van der Waals surface area (Å²) in [6, 6.07) is 12.3. The van der Waals surface area contributed by atoms with Crippen LogP contribution in [0.1, 0.15) is 17.0 Å². The highest BCUT2D eigenvalue weighted by molar-refractivity contribution is 6.31. The van der Waals surface area contributed by atoms with Crippen LogP contribution in [0.15, 0.2) is 47.6 Å². The van der Waals surface area contributed by atoms with Gasteiger partial charge in [0.2, 0.25) is 5.91 Å². The molecule has 2 unspecified atom stereocenters. The lowest BCUT2D eigenvalue weighted by molar-refractivity contribution is -0.133. The molecule has 3 rings (SSSR count). The van der Waals surface area contributed by atoms with E-state index in [0.29, 0.717) is 11.6 Å². The Hall–Kier alpha value is -3.06. The molecule has 0 aliphatic carbocycles. The van der Waals surface area contributed by atoms with E-state index < -0.39 is 11.8 Å². The number of phenols is 1. The molecular weight excluding hydrogens is 370 g/mol. The first-order valence-electron chi connectivity index (χ1n) is 8.23. The first-order chi connectivity index (χ1) is 13.0. The van der Waals surface area contributed by atoms with Gasteiger partial charge in [0.05, 0.1) is 13.3 Å². The second kappa shape index (κ2) is 8.09. The van der Waals surface area contributed by atoms with Crippen molar-refractivity contribution in [3.8, 4) is 11.5 Å². The van der Waals surface area contributed by atoms with Gasteiger partial charge in [0, 0.05) is 29.1 Å². The molecule has 0 aromatic heterocycles. The summed E-state index contributed by atoms with van der Waals surface area (Å²) in [4.78, 5) is 24.6. The molecule has 140 valence electrons. The Bertz CT molecular complexity index is 886. The summed E-state index contributed by atoms with van der Waals surface area (Å²) in [5.74, 6) is -1.98. The zero-order chi connectivity index (χ0) is 19.4. The lowest BCUT2D eigenvalue weighted by Gasteiger charge is -2.15. The van der Waals surface area contributed by atoms with Crippen molar-refractivity contribution in [3.05, 3.63) is 58.6 Å². The Balaban J connectivity index is 1.74. The fourth-order valence-corrected chi connectivity index (χ4v) is 3.23. The second-order valence-corrected chi connectivity index (χ2v) is 6.46.